The average Bonchev–Trinajstić information content (AvgIpc) is 2.94. The van der Waals surface area contributed by atoms with Gasteiger partial charge in [-0.05, 0) is 43.2 Å². The van der Waals surface area contributed by atoms with Crippen molar-refractivity contribution in [1.29, 1.82) is 0 Å². The molecule has 1 aromatic heterocycles. The molecule has 1 aliphatic heterocycles. The molecule has 0 spiro atoms. The first-order chi connectivity index (χ1) is 11.5. The van der Waals surface area contributed by atoms with Crippen molar-refractivity contribution in [3.8, 4) is 5.75 Å². The first-order valence-electron chi connectivity index (χ1n) is 7.79. The van der Waals surface area contributed by atoms with Gasteiger partial charge in [0.05, 0.1) is 5.92 Å². The van der Waals surface area contributed by atoms with Gasteiger partial charge in [-0.1, -0.05) is 12.1 Å². The fourth-order valence-electron chi connectivity index (χ4n) is 2.86. The van der Waals surface area contributed by atoms with E-state index < -0.39 is 5.92 Å². The van der Waals surface area contributed by atoms with Gasteiger partial charge in [0.2, 0.25) is 11.8 Å². The van der Waals surface area contributed by atoms with Crippen LogP contribution in [0.15, 0.2) is 36.5 Å². The fraction of sp³-hybridized carbons (Fsp3) is 0.278. The largest absolute Gasteiger partial charge is 0.504 e. The maximum Gasteiger partial charge on any atom is 0.231 e. The Morgan fingerprint density at radius 3 is 2.83 bits per heavy atom. The topological polar surface area (TPSA) is 82.5 Å². The van der Waals surface area contributed by atoms with Crippen molar-refractivity contribution in [2.75, 3.05) is 16.8 Å². The standard InChI is InChI=1S/C18H19N3O3/c1-11-5-3-6-14(12(11)2)21-10-13(9-16(21)23)18(24)20-17-15(22)7-4-8-19-17/h3-8,13,22H,9-10H2,1-2H3,(H,19,20,24)/t13-/m1/s1. The summed E-state index contributed by atoms with van der Waals surface area (Å²) in [5.74, 6) is -0.847. The van der Waals surface area contributed by atoms with Crippen LogP contribution in [-0.2, 0) is 9.59 Å². The molecule has 1 aliphatic rings. The number of nitrogens with zero attached hydrogens (tertiary/aromatic N) is 2. The normalized spacial score (nSPS) is 17.2. The molecule has 6 nitrogen and oxygen atoms in total. The van der Waals surface area contributed by atoms with E-state index in [1.807, 2.05) is 32.0 Å². The van der Waals surface area contributed by atoms with E-state index in [-0.39, 0.29) is 29.8 Å². The van der Waals surface area contributed by atoms with E-state index >= 15 is 0 Å². The second-order valence-electron chi connectivity index (χ2n) is 5.98. The van der Waals surface area contributed by atoms with Crippen molar-refractivity contribution < 1.29 is 14.7 Å². The summed E-state index contributed by atoms with van der Waals surface area (Å²) in [4.78, 5) is 30.3. The van der Waals surface area contributed by atoms with Crippen molar-refractivity contribution in [3.63, 3.8) is 0 Å². The number of aromatic hydroxyl groups is 1. The van der Waals surface area contributed by atoms with Crippen LogP contribution < -0.4 is 10.2 Å². The van der Waals surface area contributed by atoms with E-state index in [1.165, 1.54) is 12.3 Å². The van der Waals surface area contributed by atoms with Crippen molar-refractivity contribution in [1.82, 2.24) is 4.98 Å². The van der Waals surface area contributed by atoms with E-state index in [0.717, 1.165) is 16.8 Å². The highest BCUT2D eigenvalue weighted by atomic mass is 16.3. The Hall–Kier alpha value is -2.89. The zero-order chi connectivity index (χ0) is 17.3. The van der Waals surface area contributed by atoms with Crippen LogP contribution in [0.25, 0.3) is 0 Å². The molecule has 3 rings (SSSR count). The minimum Gasteiger partial charge on any atom is -0.504 e. The Morgan fingerprint density at radius 1 is 1.29 bits per heavy atom. The van der Waals surface area contributed by atoms with Crippen LogP contribution >= 0.6 is 0 Å². The van der Waals surface area contributed by atoms with Crippen LogP contribution in [0.4, 0.5) is 11.5 Å². The van der Waals surface area contributed by atoms with Gasteiger partial charge in [-0.2, -0.15) is 0 Å². The van der Waals surface area contributed by atoms with E-state index in [0.29, 0.717) is 6.54 Å². The van der Waals surface area contributed by atoms with Crippen LogP contribution in [0.3, 0.4) is 0 Å². The van der Waals surface area contributed by atoms with Crippen molar-refractivity contribution in [3.05, 3.63) is 47.7 Å². The molecule has 6 heteroatoms. The lowest BCUT2D eigenvalue weighted by Gasteiger charge is -2.20. The molecular weight excluding hydrogens is 306 g/mol. The molecule has 0 bridgehead atoms. The Morgan fingerprint density at radius 2 is 2.08 bits per heavy atom. The molecule has 2 amide bonds. The molecule has 1 saturated heterocycles. The zero-order valence-corrected chi connectivity index (χ0v) is 13.6. The van der Waals surface area contributed by atoms with Crippen LogP contribution in [-0.4, -0.2) is 28.4 Å². The summed E-state index contributed by atoms with van der Waals surface area (Å²) in [5.41, 5.74) is 2.98. The predicted molar refractivity (Wildman–Crippen MR) is 90.9 cm³/mol. The van der Waals surface area contributed by atoms with E-state index in [9.17, 15) is 14.7 Å². The second kappa shape index (κ2) is 6.31. The van der Waals surface area contributed by atoms with E-state index in [2.05, 4.69) is 10.3 Å². The number of amides is 2. The summed E-state index contributed by atoms with van der Waals surface area (Å²) in [6, 6.07) is 8.82. The maximum absolute atomic E-state index is 12.4. The fourth-order valence-corrected chi connectivity index (χ4v) is 2.86. The molecule has 0 radical (unpaired) electrons. The smallest absolute Gasteiger partial charge is 0.231 e. The van der Waals surface area contributed by atoms with Crippen molar-refractivity contribution >= 4 is 23.3 Å². The average molecular weight is 325 g/mol. The highest BCUT2D eigenvalue weighted by molar-refractivity contribution is 6.04. The molecule has 0 saturated carbocycles. The second-order valence-corrected chi connectivity index (χ2v) is 5.98. The molecule has 0 unspecified atom stereocenters. The van der Waals surface area contributed by atoms with Crippen LogP contribution in [0.1, 0.15) is 17.5 Å². The van der Waals surface area contributed by atoms with Gasteiger partial charge in [0.25, 0.3) is 0 Å². The van der Waals surface area contributed by atoms with Crippen LogP contribution in [0, 0.1) is 19.8 Å². The number of hydrogen-bond acceptors (Lipinski definition) is 4. The minimum atomic E-state index is -0.473. The lowest BCUT2D eigenvalue weighted by atomic mass is 10.1. The Kier molecular flexibility index (Phi) is 4.20. The van der Waals surface area contributed by atoms with Gasteiger partial charge >= 0.3 is 0 Å². The zero-order valence-electron chi connectivity index (χ0n) is 13.6. The summed E-state index contributed by atoms with van der Waals surface area (Å²) < 4.78 is 0. The number of rotatable bonds is 3. The van der Waals surface area contributed by atoms with Gasteiger partial charge < -0.3 is 15.3 Å². The van der Waals surface area contributed by atoms with E-state index in [1.54, 1.807) is 11.0 Å². The number of pyridine rings is 1. The summed E-state index contributed by atoms with van der Waals surface area (Å²) in [6.07, 6.45) is 1.63. The predicted octanol–water partition coefficient (Wildman–Crippen LogP) is 2.40. The number of nitrogens with one attached hydrogen (secondary N) is 1. The van der Waals surface area contributed by atoms with Gasteiger partial charge in [-0.15, -0.1) is 0 Å². The minimum absolute atomic E-state index is 0.0749. The number of hydrogen-bond donors (Lipinski definition) is 2. The maximum atomic E-state index is 12.4. The van der Waals surface area contributed by atoms with Crippen molar-refractivity contribution in [2.24, 2.45) is 5.92 Å². The van der Waals surface area contributed by atoms with Gasteiger partial charge in [-0.25, -0.2) is 4.98 Å². The Labute approximate surface area is 140 Å². The monoisotopic (exact) mass is 325 g/mol. The number of aryl methyl sites for hydroxylation is 1. The summed E-state index contributed by atoms with van der Waals surface area (Å²) in [6.45, 7) is 4.28. The molecule has 1 fully saturated rings. The molecular formula is C18H19N3O3. The molecule has 2 aromatic rings. The summed E-state index contributed by atoms with van der Waals surface area (Å²) >= 11 is 0. The molecule has 2 heterocycles. The lowest BCUT2D eigenvalue weighted by Crippen LogP contribution is -2.28. The molecule has 2 N–H and O–H groups in total. The molecule has 24 heavy (non-hydrogen) atoms. The number of benzene rings is 1. The third-order valence-electron chi connectivity index (χ3n) is 4.39. The molecule has 1 atom stereocenters. The number of carbonyl (C=O) groups excluding carboxylic acids is 2. The summed E-state index contributed by atoms with van der Waals surface area (Å²) in [7, 11) is 0. The Bertz CT molecular complexity index is 804. The first kappa shape index (κ1) is 16.0. The Balaban J connectivity index is 1.76. The third kappa shape index (κ3) is 2.95. The number of carbonyl (C=O) groups is 2. The van der Waals surface area contributed by atoms with Crippen LogP contribution in [0.2, 0.25) is 0 Å². The van der Waals surface area contributed by atoms with E-state index in [4.69, 9.17) is 0 Å². The van der Waals surface area contributed by atoms with Gasteiger partial charge in [0.1, 0.15) is 0 Å². The van der Waals surface area contributed by atoms with Crippen LogP contribution in [0.5, 0.6) is 5.75 Å². The number of aromatic nitrogens is 1. The molecule has 1 aromatic carbocycles. The first-order valence-corrected chi connectivity index (χ1v) is 7.79. The quantitative estimate of drug-likeness (QED) is 0.908. The summed E-state index contributed by atoms with van der Waals surface area (Å²) in [5, 5.41) is 12.3. The highest BCUT2D eigenvalue weighted by Crippen LogP contribution is 2.30. The van der Waals surface area contributed by atoms with Gasteiger partial charge in [-0.3, -0.25) is 9.59 Å². The molecule has 0 aliphatic carbocycles. The van der Waals surface area contributed by atoms with Gasteiger partial charge in [0, 0.05) is 24.8 Å². The number of anilines is 2. The SMILES string of the molecule is Cc1cccc(N2C[C@H](C(=O)Nc3ncccc3O)CC2=O)c1C. The van der Waals surface area contributed by atoms with Gasteiger partial charge in [0.15, 0.2) is 11.6 Å². The lowest BCUT2D eigenvalue weighted by molar-refractivity contribution is -0.122. The molecule has 124 valence electrons. The highest BCUT2D eigenvalue weighted by Gasteiger charge is 2.36. The third-order valence-corrected chi connectivity index (χ3v) is 4.39. The van der Waals surface area contributed by atoms with Crippen molar-refractivity contribution in [2.45, 2.75) is 20.3 Å².